The van der Waals surface area contributed by atoms with Gasteiger partial charge in [0, 0.05) is 6.42 Å². The van der Waals surface area contributed by atoms with Crippen LogP contribution in [0.4, 0.5) is 0 Å². The van der Waals surface area contributed by atoms with Crippen LogP contribution in [0.1, 0.15) is 55.2 Å². The van der Waals surface area contributed by atoms with Crippen LogP contribution in [0, 0.1) is 11.3 Å². The molecule has 0 amide bonds. The van der Waals surface area contributed by atoms with E-state index >= 15 is 0 Å². The molecule has 0 aromatic heterocycles. The monoisotopic (exact) mass is 410 g/mol. The minimum Gasteiger partial charge on any atom is -0.360 e. The normalized spacial score (nSPS) is 23.5. The molecule has 0 radical (unpaired) electrons. The molecule has 0 N–H and O–H groups in total. The lowest BCUT2D eigenvalue weighted by Crippen LogP contribution is -2.40. The van der Waals surface area contributed by atoms with E-state index in [1.54, 1.807) is 0 Å². The summed E-state index contributed by atoms with van der Waals surface area (Å²) in [5.74, 6) is 1.09. The number of hydrogen-bond donors (Lipinski definition) is 0. The summed E-state index contributed by atoms with van der Waals surface area (Å²) < 4.78 is 7.05. The molecule has 2 saturated carbocycles. The van der Waals surface area contributed by atoms with Gasteiger partial charge in [0.1, 0.15) is 11.4 Å². The Morgan fingerprint density at radius 1 is 0.774 bits per heavy atom. The Bertz CT molecular complexity index is 916. The Kier molecular flexibility index (Phi) is 5.50. The van der Waals surface area contributed by atoms with Crippen LogP contribution in [0.5, 0.6) is 0 Å². The zero-order valence-electron chi connectivity index (χ0n) is 18.0. The highest BCUT2D eigenvalue weighted by molar-refractivity contribution is 5.85. The maximum atomic E-state index is 13.2. The largest absolute Gasteiger partial charge is 0.360 e. The van der Waals surface area contributed by atoms with Crippen molar-refractivity contribution in [1.29, 1.82) is 0 Å². The maximum Gasteiger partial charge on any atom is 0.143 e. The Morgan fingerprint density at radius 2 is 1.29 bits per heavy atom. The summed E-state index contributed by atoms with van der Waals surface area (Å²) in [6, 6.07) is 31.4. The third kappa shape index (κ3) is 3.64. The number of ether oxygens (including phenoxy) is 1. The first kappa shape index (κ1) is 20.2. The summed E-state index contributed by atoms with van der Waals surface area (Å²) in [5.41, 5.74) is 2.21. The molecule has 2 aliphatic rings. The van der Waals surface area contributed by atoms with Crippen LogP contribution < -0.4 is 0 Å². The molecule has 0 unspecified atom stereocenters. The van der Waals surface area contributed by atoms with Crippen LogP contribution in [0.3, 0.4) is 0 Å². The first-order valence-corrected chi connectivity index (χ1v) is 11.6. The Labute approximate surface area is 185 Å². The van der Waals surface area contributed by atoms with E-state index in [0.29, 0.717) is 24.7 Å². The van der Waals surface area contributed by atoms with E-state index in [1.807, 2.05) is 18.2 Å². The first-order valence-electron chi connectivity index (χ1n) is 11.6. The average molecular weight is 411 g/mol. The third-order valence-electron chi connectivity index (χ3n) is 7.42. The van der Waals surface area contributed by atoms with Gasteiger partial charge in [0.25, 0.3) is 0 Å². The fraction of sp³-hybridized carbons (Fsp3) is 0.345. The van der Waals surface area contributed by atoms with Crippen molar-refractivity contribution >= 4 is 5.78 Å². The smallest absolute Gasteiger partial charge is 0.143 e. The van der Waals surface area contributed by atoms with Gasteiger partial charge in [0.05, 0.1) is 12.0 Å². The molecule has 0 aliphatic heterocycles. The number of rotatable bonds is 6. The lowest BCUT2D eigenvalue weighted by molar-refractivity contribution is -0.135. The minimum atomic E-state index is -0.747. The van der Waals surface area contributed by atoms with Crippen LogP contribution in [-0.4, -0.2) is 12.4 Å². The van der Waals surface area contributed by atoms with Crippen molar-refractivity contribution in [3.63, 3.8) is 0 Å². The third-order valence-corrected chi connectivity index (χ3v) is 7.42. The van der Waals surface area contributed by atoms with E-state index < -0.39 is 5.60 Å². The fourth-order valence-electron chi connectivity index (χ4n) is 5.78. The standard InChI is InChI=1S/C29H30O2/c30-27-18-10-11-23-19-20-28(27,21-23)22-31-29(24-12-4-1-5-13-24,25-14-6-2-7-15-25)26-16-8-3-9-17-26/h1-9,12-17,23H,10-11,18-22H2/t23-,28+/m1/s1. The number of Topliss-reactive ketones (excluding diaryl/α,β-unsaturated/α-hetero) is 1. The molecule has 0 saturated heterocycles. The van der Waals surface area contributed by atoms with Crippen molar-refractivity contribution in [1.82, 2.24) is 0 Å². The highest BCUT2D eigenvalue weighted by atomic mass is 16.5. The van der Waals surface area contributed by atoms with Crippen molar-refractivity contribution in [2.75, 3.05) is 6.61 Å². The second kappa shape index (κ2) is 8.43. The fourth-order valence-corrected chi connectivity index (χ4v) is 5.78. The zero-order chi connectivity index (χ0) is 21.2. The molecule has 2 aliphatic carbocycles. The molecular weight excluding hydrogens is 380 g/mol. The van der Waals surface area contributed by atoms with Gasteiger partial charge >= 0.3 is 0 Å². The Balaban J connectivity index is 1.63. The van der Waals surface area contributed by atoms with Crippen molar-refractivity contribution in [2.24, 2.45) is 11.3 Å². The van der Waals surface area contributed by atoms with E-state index in [1.165, 1.54) is 6.42 Å². The van der Waals surface area contributed by atoms with Gasteiger partial charge in [-0.25, -0.2) is 0 Å². The lowest BCUT2D eigenvalue weighted by Gasteiger charge is -2.39. The van der Waals surface area contributed by atoms with Crippen LogP contribution in [0.2, 0.25) is 0 Å². The second-order valence-electron chi connectivity index (χ2n) is 9.27. The molecule has 2 atom stereocenters. The number of fused-ring (bicyclic) bond motifs is 2. The minimum absolute atomic E-state index is 0.329. The predicted molar refractivity (Wildman–Crippen MR) is 124 cm³/mol. The molecule has 2 nitrogen and oxygen atoms in total. The molecule has 0 spiro atoms. The number of benzene rings is 3. The first-order chi connectivity index (χ1) is 15.2. The quantitative estimate of drug-likeness (QED) is 0.432. The topological polar surface area (TPSA) is 26.3 Å². The van der Waals surface area contributed by atoms with Crippen LogP contribution in [-0.2, 0) is 15.1 Å². The summed E-state index contributed by atoms with van der Waals surface area (Å²) >= 11 is 0. The number of ketones is 1. The summed E-state index contributed by atoms with van der Waals surface area (Å²) in [7, 11) is 0. The molecular formula is C29H30O2. The van der Waals surface area contributed by atoms with Gasteiger partial charge in [-0.3, -0.25) is 4.79 Å². The highest BCUT2D eigenvalue weighted by Gasteiger charge is 2.49. The molecule has 2 fully saturated rings. The van der Waals surface area contributed by atoms with Gasteiger partial charge in [-0.1, -0.05) is 91.0 Å². The second-order valence-corrected chi connectivity index (χ2v) is 9.27. The molecule has 31 heavy (non-hydrogen) atoms. The van der Waals surface area contributed by atoms with Crippen molar-refractivity contribution in [2.45, 2.75) is 44.1 Å². The van der Waals surface area contributed by atoms with Crippen molar-refractivity contribution in [3.8, 4) is 0 Å². The number of carbonyl (C=O) groups excluding carboxylic acids is 1. The van der Waals surface area contributed by atoms with Gasteiger partial charge in [-0.15, -0.1) is 0 Å². The highest BCUT2D eigenvalue weighted by Crippen LogP contribution is 2.50. The zero-order valence-corrected chi connectivity index (χ0v) is 18.0. The predicted octanol–water partition coefficient (Wildman–Crippen LogP) is 6.53. The van der Waals surface area contributed by atoms with Gasteiger partial charge in [0.15, 0.2) is 0 Å². The molecule has 2 heteroatoms. The molecule has 2 bridgehead atoms. The molecule has 158 valence electrons. The van der Waals surface area contributed by atoms with Crippen LogP contribution in [0.15, 0.2) is 91.0 Å². The average Bonchev–Trinajstić information content (AvgIpc) is 3.18. The van der Waals surface area contributed by atoms with Gasteiger partial charge in [-0.2, -0.15) is 0 Å². The van der Waals surface area contributed by atoms with E-state index in [0.717, 1.165) is 42.4 Å². The van der Waals surface area contributed by atoms with E-state index in [2.05, 4.69) is 72.8 Å². The summed E-state index contributed by atoms with van der Waals surface area (Å²) in [6.45, 7) is 0.473. The summed E-state index contributed by atoms with van der Waals surface area (Å²) in [4.78, 5) is 13.2. The van der Waals surface area contributed by atoms with Gasteiger partial charge in [-0.05, 0) is 54.7 Å². The Morgan fingerprint density at radius 3 is 1.81 bits per heavy atom. The van der Waals surface area contributed by atoms with Crippen molar-refractivity contribution in [3.05, 3.63) is 108 Å². The van der Waals surface area contributed by atoms with Crippen LogP contribution >= 0.6 is 0 Å². The maximum absolute atomic E-state index is 13.2. The summed E-state index contributed by atoms with van der Waals surface area (Å²) in [6.07, 6.45) is 6.03. The summed E-state index contributed by atoms with van der Waals surface area (Å²) in [5, 5.41) is 0. The number of carbonyl (C=O) groups is 1. The Hall–Kier alpha value is -2.71. The van der Waals surface area contributed by atoms with E-state index in [4.69, 9.17) is 4.74 Å². The molecule has 3 aromatic rings. The molecule has 3 aromatic carbocycles. The van der Waals surface area contributed by atoms with Gasteiger partial charge in [0.2, 0.25) is 0 Å². The van der Waals surface area contributed by atoms with E-state index in [9.17, 15) is 4.79 Å². The number of hydrogen-bond acceptors (Lipinski definition) is 2. The van der Waals surface area contributed by atoms with E-state index in [-0.39, 0.29) is 5.41 Å². The van der Waals surface area contributed by atoms with Crippen LogP contribution in [0.25, 0.3) is 0 Å². The molecule has 0 heterocycles. The van der Waals surface area contributed by atoms with Gasteiger partial charge < -0.3 is 4.74 Å². The molecule has 5 rings (SSSR count). The van der Waals surface area contributed by atoms with Crippen molar-refractivity contribution < 1.29 is 9.53 Å². The SMILES string of the molecule is O=C1CCC[C@@H]2CC[C@@]1(COC(c1ccccc1)(c1ccccc1)c1ccccc1)C2. The lowest BCUT2D eigenvalue weighted by atomic mass is 9.78.